The van der Waals surface area contributed by atoms with Crippen LogP contribution in [-0.4, -0.2) is 19.6 Å². The zero-order valence-corrected chi connectivity index (χ0v) is 10.1. The Morgan fingerprint density at radius 3 is 2.20 bits per heavy atom. The number of hydrogen-bond donors (Lipinski definition) is 1. The number of rotatable bonds is 5. The quantitative estimate of drug-likeness (QED) is 0.802. The smallest absolute Gasteiger partial charge is 0.0371 e. The van der Waals surface area contributed by atoms with E-state index in [2.05, 4.69) is 43.9 Å². The van der Waals surface area contributed by atoms with Gasteiger partial charge in [-0.15, -0.1) is 0 Å². The van der Waals surface area contributed by atoms with Gasteiger partial charge < -0.3 is 10.6 Å². The van der Waals surface area contributed by atoms with Crippen LogP contribution in [-0.2, 0) is 0 Å². The van der Waals surface area contributed by atoms with Gasteiger partial charge in [0.05, 0.1) is 0 Å². The lowest BCUT2D eigenvalue weighted by atomic mass is 10.1. The van der Waals surface area contributed by atoms with Crippen LogP contribution < -0.4 is 10.6 Å². The summed E-state index contributed by atoms with van der Waals surface area (Å²) in [6, 6.07) is 6.69. The maximum absolute atomic E-state index is 5.54. The van der Waals surface area contributed by atoms with Crippen molar-refractivity contribution in [2.24, 2.45) is 5.73 Å². The Morgan fingerprint density at radius 1 is 1.13 bits per heavy atom. The number of nitrogens with two attached hydrogens (primary N) is 1. The molecule has 1 rings (SSSR count). The van der Waals surface area contributed by atoms with Crippen molar-refractivity contribution >= 4 is 5.69 Å². The van der Waals surface area contributed by atoms with E-state index >= 15 is 0 Å². The molecule has 1 aromatic carbocycles. The minimum Gasteiger partial charge on any atom is -0.372 e. The lowest BCUT2D eigenvalue weighted by molar-refractivity contribution is 0.754. The van der Waals surface area contributed by atoms with Gasteiger partial charge in [-0.05, 0) is 57.0 Å². The van der Waals surface area contributed by atoms with E-state index in [0.29, 0.717) is 0 Å². The van der Waals surface area contributed by atoms with Crippen LogP contribution >= 0.6 is 0 Å². The number of anilines is 1. The second-order valence-electron chi connectivity index (χ2n) is 4.07. The highest BCUT2D eigenvalue weighted by molar-refractivity contribution is 5.50. The lowest BCUT2D eigenvalue weighted by Crippen LogP contribution is -2.25. The van der Waals surface area contributed by atoms with Gasteiger partial charge >= 0.3 is 0 Å². The topological polar surface area (TPSA) is 29.3 Å². The fraction of sp³-hybridized carbons (Fsp3) is 0.538. The van der Waals surface area contributed by atoms with Crippen molar-refractivity contribution in [1.29, 1.82) is 0 Å². The summed E-state index contributed by atoms with van der Waals surface area (Å²) in [4.78, 5) is 2.38. The molecule has 0 aliphatic heterocycles. The Morgan fingerprint density at radius 2 is 1.73 bits per heavy atom. The number of hydrogen-bond acceptors (Lipinski definition) is 2. The first kappa shape index (κ1) is 12.1. The molecular formula is C13H22N2. The minimum atomic E-state index is 0.765. The first-order valence-corrected chi connectivity index (χ1v) is 5.70. The average molecular weight is 206 g/mol. The molecule has 84 valence electrons. The van der Waals surface area contributed by atoms with Crippen molar-refractivity contribution in [3.8, 4) is 0 Å². The molecule has 1 aromatic rings. The van der Waals surface area contributed by atoms with Gasteiger partial charge in [-0.25, -0.2) is 0 Å². The standard InChI is InChI=1S/C13H22N2/c1-4-15(7-5-6-14)13-9-11(2)8-12(3)10-13/h8-10H,4-7,14H2,1-3H3. The third kappa shape index (κ3) is 3.56. The molecule has 2 heteroatoms. The summed E-state index contributed by atoms with van der Waals surface area (Å²) in [5.74, 6) is 0. The van der Waals surface area contributed by atoms with Crippen LogP contribution in [0.25, 0.3) is 0 Å². The average Bonchev–Trinajstić information content (AvgIpc) is 2.17. The summed E-state index contributed by atoms with van der Waals surface area (Å²) < 4.78 is 0. The monoisotopic (exact) mass is 206 g/mol. The molecular weight excluding hydrogens is 184 g/mol. The molecule has 0 aliphatic carbocycles. The van der Waals surface area contributed by atoms with E-state index in [1.165, 1.54) is 16.8 Å². The fourth-order valence-electron chi connectivity index (χ4n) is 1.89. The molecule has 0 saturated heterocycles. The molecule has 0 atom stereocenters. The third-order valence-corrected chi connectivity index (χ3v) is 2.59. The van der Waals surface area contributed by atoms with Gasteiger partial charge in [0.15, 0.2) is 0 Å². The molecule has 2 nitrogen and oxygen atoms in total. The van der Waals surface area contributed by atoms with Crippen LogP contribution in [0.1, 0.15) is 24.5 Å². The van der Waals surface area contributed by atoms with Crippen LogP contribution in [0.2, 0.25) is 0 Å². The van der Waals surface area contributed by atoms with Crippen molar-refractivity contribution in [2.45, 2.75) is 27.2 Å². The molecule has 0 heterocycles. The highest BCUT2D eigenvalue weighted by atomic mass is 15.1. The number of benzene rings is 1. The summed E-state index contributed by atoms with van der Waals surface area (Å²) in [5.41, 5.74) is 9.52. The number of aryl methyl sites for hydroxylation is 2. The highest BCUT2D eigenvalue weighted by Gasteiger charge is 2.04. The summed E-state index contributed by atoms with van der Waals surface area (Å²) in [5, 5.41) is 0. The second-order valence-corrected chi connectivity index (χ2v) is 4.07. The van der Waals surface area contributed by atoms with Gasteiger partial charge in [0, 0.05) is 18.8 Å². The Labute approximate surface area is 93.1 Å². The van der Waals surface area contributed by atoms with Gasteiger partial charge in [-0.1, -0.05) is 6.07 Å². The molecule has 15 heavy (non-hydrogen) atoms. The highest BCUT2D eigenvalue weighted by Crippen LogP contribution is 2.18. The van der Waals surface area contributed by atoms with Gasteiger partial charge in [0.1, 0.15) is 0 Å². The van der Waals surface area contributed by atoms with Crippen LogP contribution in [0, 0.1) is 13.8 Å². The van der Waals surface area contributed by atoms with E-state index < -0.39 is 0 Å². The van der Waals surface area contributed by atoms with Crippen LogP contribution in [0.4, 0.5) is 5.69 Å². The van der Waals surface area contributed by atoms with E-state index in [-0.39, 0.29) is 0 Å². The molecule has 0 aromatic heterocycles. The van der Waals surface area contributed by atoms with Crippen LogP contribution in [0.3, 0.4) is 0 Å². The molecule has 0 amide bonds. The molecule has 0 saturated carbocycles. The Balaban J connectivity index is 2.81. The predicted octanol–water partition coefficient (Wildman–Crippen LogP) is 2.48. The van der Waals surface area contributed by atoms with E-state index in [4.69, 9.17) is 5.73 Å². The summed E-state index contributed by atoms with van der Waals surface area (Å²) in [6.45, 7) is 9.34. The van der Waals surface area contributed by atoms with Crippen LogP contribution in [0.15, 0.2) is 18.2 Å². The molecule has 0 aliphatic rings. The second kappa shape index (κ2) is 5.76. The molecule has 0 fully saturated rings. The first-order valence-electron chi connectivity index (χ1n) is 5.70. The zero-order chi connectivity index (χ0) is 11.3. The zero-order valence-electron chi connectivity index (χ0n) is 10.1. The Hall–Kier alpha value is -1.02. The SMILES string of the molecule is CCN(CCCN)c1cc(C)cc(C)c1. The molecule has 0 unspecified atom stereocenters. The Bertz CT molecular complexity index is 287. The summed E-state index contributed by atoms with van der Waals surface area (Å²) in [6.07, 6.45) is 1.06. The predicted molar refractivity (Wildman–Crippen MR) is 67.5 cm³/mol. The van der Waals surface area contributed by atoms with Gasteiger partial charge in [-0.3, -0.25) is 0 Å². The van der Waals surface area contributed by atoms with Gasteiger partial charge in [0.2, 0.25) is 0 Å². The van der Waals surface area contributed by atoms with Gasteiger partial charge in [-0.2, -0.15) is 0 Å². The maximum Gasteiger partial charge on any atom is 0.0371 e. The van der Waals surface area contributed by atoms with E-state index in [0.717, 1.165) is 26.1 Å². The normalized spacial score (nSPS) is 10.4. The largest absolute Gasteiger partial charge is 0.372 e. The molecule has 2 N–H and O–H groups in total. The van der Waals surface area contributed by atoms with E-state index in [1.807, 2.05) is 0 Å². The van der Waals surface area contributed by atoms with Crippen molar-refractivity contribution in [2.75, 3.05) is 24.5 Å². The van der Waals surface area contributed by atoms with Crippen molar-refractivity contribution in [3.05, 3.63) is 29.3 Å². The fourth-order valence-corrected chi connectivity index (χ4v) is 1.89. The molecule has 0 bridgehead atoms. The van der Waals surface area contributed by atoms with Gasteiger partial charge in [0.25, 0.3) is 0 Å². The maximum atomic E-state index is 5.54. The number of nitrogens with zero attached hydrogens (tertiary/aromatic N) is 1. The molecule has 0 spiro atoms. The molecule has 0 radical (unpaired) electrons. The first-order chi connectivity index (χ1) is 7.17. The lowest BCUT2D eigenvalue weighted by Gasteiger charge is -2.23. The van der Waals surface area contributed by atoms with E-state index in [9.17, 15) is 0 Å². The van der Waals surface area contributed by atoms with Crippen molar-refractivity contribution < 1.29 is 0 Å². The Kier molecular flexibility index (Phi) is 4.63. The minimum absolute atomic E-state index is 0.765. The summed E-state index contributed by atoms with van der Waals surface area (Å²) in [7, 11) is 0. The summed E-state index contributed by atoms with van der Waals surface area (Å²) >= 11 is 0. The van der Waals surface area contributed by atoms with Crippen molar-refractivity contribution in [3.63, 3.8) is 0 Å². The van der Waals surface area contributed by atoms with E-state index in [1.54, 1.807) is 0 Å². The van der Waals surface area contributed by atoms with Crippen LogP contribution in [0.5, 0.6) is 0 Å². The third-order valence-electron chi connectivity index (χ3n) is 2.59. The van der Waals surface area contributed by atoms with Crippen molar-refractivity contribution in [1.82, 2.24) is 0 Å².